The Labute approximate surface area is 165 Å². The predicted molar refractivity (Wildman–Crippen MR) is 111 cm³/mol. The van der Waals surface area contributed by atoms with Crippen molar-refractivity contribution in [2.24, 2.45) is 0 Å². The van der Waals surface area contributed by atoms with Crippen molar-refractivity contribution in [2.75, 3.05) is 0 Å². The minimum absolute atomic E-state index is 0.819. The molecule has 0 radical (unpaired) electrons. The smallest absolute Gasteiger partial charge is 0.178 e. The highest BCUT2D eigenvalue weighted by Crippen LogP contribution is 2.28. The van der Waals surface area contributed by atoms with Gasteiger partial charge in [-0.15, -0.1) is 0 Å². The molecule has 5 rings (SSSR count). The number of imidazole rings is 1. The van der Waals surface area contributed by atoms with E-state index in [9.17, 15) is 0 Å². The third kappa shape index (κ3) is 3.09. The lowest BCUT2D eigenvalue weighted by molar-refractivity contribution is 0.650. The normalized spacial score (nSPS) is 13.6. The summed E-state index contributed by atoms with van der Waals surface area (Å²) in [7, 11) is 0. The van der Waals surface area contributed by atoms with E-state index in [1.54, 1.807) is 0 Å². The topological polar surface area (TPSA) is 43.1 Å². The molecule has 140 valence electrons. The summed E-state index contributed by atoms with van der Waals surface area (Å²) in [6.45, 7) is 2.05. The minimum Gasteiger partial charge on any atom is -0.297 e. The van der Waals surface area contributed by atoms with Gasteiger partial charge in [-0.3, -0.25) is 4.40 Å². The van der Waals surface area contributed by atoms with Gasteiger partial charge in [-0.1, -0.05) is 36.4 Å². The fourth-order valence-electron chi connectivity index (χ4n) is 4.27. The number of aryl methyl sites for hydroxylation is 4. The van der Waals surface area contributed by atoms with Crippen LogP contribution in [-0.2, 0) is 25.7 Å². The van der Waals surface area contributed by atoms with Crippen molar-refractivity contribution >= 4 is 5.65 Å². The van der Waals surface area contributed by atoms with Crippen molar-refractivity contribution in [3.8, 4) is 11.5 Å². The first-order valence-electron chi connectivity index (χ1n) is 10.2. The second-order valence-electron chi connectivity index (χ2n) is 7.59. The van der Waals surface area contributed by atoms with Crippen LogP contribution in [0.1, 0.15) is 41.1 Å². The van der Waals surface area contributed by atoms with Gasteiger partial charge in [-0.25, -0.2) is 15.0 Å². The van der Waals surface area contributed by atoms with Gasteiger partial charge in [-0.05, 0) is 68.7 Å². The first-order chi connectivity index (χ1) is 13.8. The lowest BCUT2D eigenvalue weighted by atomic mass is 9.92. The van der Waals surface area contributed by atoms with Crippen molar-refractivity contribution in [2.45, 2.75) is 45.4 Å². The Morgan fingerprint density at radius 3 is 2.57 bits per heavy atom. The van der Waals surface area contributed by atoms with E-state index < -0.39 is 0 Å². The third-order valence-corrected chi connectivity index (χ3v) is 5.68. The molecule has 0 N–H and O–H groups in total. The number of aromatic nitrogens is 4. The second-order valence-corrected chi connectivity index (χ2v) is 7.59. The molecular weight excluding hydrogens is 344 g/mol. The Balaban J connectivity index is 1.60. The van der Waals surface area contributed by atoms with Crippen LogP contribution in [0.3, 0.4) is 0 Å². The number of rotatable bonds is 4. The number of hydrogen-bond acceptors (Lipinski definition) is 3. The quantitative estimate of drug-likeness (QED) is 0.521. The Morgan fingerprint density at radius 2 is 1.68 bits per heavy atom. The van der Waals surface area contributed by atoms with Crippen LogP contribution in [0.25, 0.3) is 17.2 Å². The molecule has 1 aromatic carbocycles. The van der Waals surface area contributed by atoms with Gasteiger partial charge >= 0.3 is 0 Å². The maximum absolute atomic E-state index is 5.08. The summed E-state index contributed by atoms with van der Waals surface area (Å²) in [6, 6.07) is 16.8. The molecule has 4 aromatic rings. The molecule has 0 bridgehead atoms. The van der Waals surface area contributed by atoms with Crippen LogP contribution in [0, 0.1) is 6.92 Å². The SMILES string of the molecule is Cc1nc2ccccn2c1-c1nc2c(c(CCc3ccccc3)n1)CCCC2. The maximum Gasteiger partial charge on any atom is 0.178 e. The lowest BCUT2D eigenvalue weighted by Gasteiger charge is -2.19. The average Bonchev–Trinajstić information content (AvgIpc) is 3.08. The summed E-state index contributed by atoms with van der Waals surface area (Å²) in [5.41, 5.74) is 8.15. The van der Waals surface area contributed by atoms with Crippen molar-refractivity contribution in [3.05, 3.63) is 82.9 Å². The highest BCUT2D eigenvalue weighted by molar-refractivity contribution is 5.61. The Morgan fingerprint density at radius 1 is 0.857 bits per heavy atom. The van der Waals surface area contributed by atoms with Crippen molar-refractivity contribution in [1.29, 1.82) is 0 Å². The zero-order chi connectivity index (χ0) is 18.9. The summed E-state index contributed by atoms with van der Waals surface area (Å²) >= 11 is 0. The molecule has 3 aromatic heterocycles. The summed E-state index contributed by atoms with van der Waals surface area (Å²) < 4.78 is 2.11. The van der Waals surface area contributed by atoms with Gasteiger partial charge in [0, 0.05) is 17.6 Å². The maximum atomic E-state index is 5.08. The second kappa shape index (κ2) is 7.19. The molecular formula is C24H24N4. The average molecular weight is 368 g/mol. The van der Waals surface area contributed by atoms with E-state index in [0.29, 0.717) is 0 Å². The molecule has 0 saturated carbocycles. The molecule has 0 unspecified atom stereocenters. The molecule has 1 aliphatic carbocycles. The molecule has 0 amide bonds. The minimum atomic E-state index is 0.819. The molecule has 0 atom stereocenters. The van der Waals surface area contributed by atoms with Gasteiger partial charge in [0.25, 0.3) is 0 Å². The van der Waals surface area contributed by atoms with E-state index in [4.69, 9.17) is 15.0 Å². The Bertz CT molecular complexity index is 1130. The highest BCUT2D eigenvalue weighted by Gasteiger charge is 2.21. The standard InChI is InChI=1S/C24H24N4/c1-17-23(28-16-8-7-13-22(28)25-17)24-26-20-12-6-5-11-19(20)21(27-24)15-14-18-9-3-2-4-10-18/h2-4,7-10,13,16H,5-6,11-12,14-15H2,1H3. The van der Waals surface area contributed by atoms with Crippen LogP contribution in [0.5, 0.6) is 0 Å². The van der Waals surface area contributed by atoms with Crippen molar-refractivity contribution < 1.29 is 0 Å². The predicted octanol–water partition coefficient (Wildman–Crippen LogP) is 4.76. The zero-order valence-electron chi connectivity index (χ0n) is 16.2. The number of benzene rings is 1. The number of fused-ring (bicyclic) bond motifs is 2. The molecule has 28 heavy (non-hydrogen) atoms. The van der Waals surface area contributed by atoms with Crippen LogP contribution in [0.4, 0.5) is 0 Å². The van der Waals surface area contributed by atoms with Crippen LogP contribution >= 0.6 is 0 Å². The molecule has 0 saturated heterocycles. The van der Waals surface area contributed by atoms with Gasteiger partial charge in [0.2, 0.25) is 0 Å². The molecule has 0 fully saturated rings. The van der Waals surface area contributed by atoms with Gasteiger partial charge in [0.05, 0.1) is 5.69 Å². The monoisotopic (exact) mass is 368 g/mol. The molecule has 4 nitrogen and oxygen atoms in total. The van der Waals surface area contributed by atoms with Crippen LogP contribution in [0.2, 0.25) is 0 Å². The first kappa shape index (κ1) is 17.1. The van der Waals surface area contributed by atoms with E-state index in [-0.39, 0.29) is 0 Å². The molecule has 3 heterocycles. The van der Waals surface area contributed by atoms with E-state index in [1.807, 2.05) is 18.2 Å². The molecule has 4 heteroatoms. The third-order valence-electron chi connectivity index (χ3n) is 5.68. The van der Waals surface area contributed by atoms with Gasteiger partial charge < -0.3 is 0 Å². The van der Waals surface area contributed by atoms with Gasteiger partial charge in [0.15, 0.2) is 5.82 Å². The Kier molecular flexibility index (Phi) is 4.40. The van der Waals surface area contributed by atoms with Gasteiger partial charge in [0.1, 0.15) is 11.3 Å². The first-order valence-corrected chi connectivity index (χ1v) is 10.2. The van der Waals surface area contributed by atoms with Crippen molar-refractivity contribution in [1.82, 2.24) is 19.4 Å². The molecule has 0 spiro atoms. The van der Waals surface area contributed by atoms with E-state index in [2.05, 4.69) is 47.9 Å². The number of pyridine rings is 1. The van der Waals surface area contributed by atoms with Crippen LogP contribution in [-0.4, -0.2) is 19.4 Å². The lowest BCUT2D eigenvalue weighted by Crippen LogP contribution is -2.14. The zero-order valence-corrected chi connectivity index (χ0v) is 16.2. The van der Waals surface area contributed by atoms with E-state index >= 15 is 0 Å². The molecule has 1 aliphatic rings. The fourth-order valence-corrected chi connectivity index (χ4v) is 4.27. The number of nitrogens with zero attached hydrogens (tertiary/aromatic N) is 4. The van der Waals surface area contributed by atoms with Gasteiger partial charge in [-0.2, -0.15) is 0 Å². The number of hydrogen-bond donors (Lipinski definition) is 0. The largest absolute Gasteiger partial charge is 0.297 e. The van der Waals surface area contributed by atoms with Crippen molar-refractivity contribution in [3.63, 3.8) is 0 Å². The summed E-state index contributed by atoms with van der Waals surface area (Å²) in [5.74, 6) is 0.819. The summed E-state index contributed by atoms with van der Waals surface area (Å²) in [6.07, 6.45) is 8.63. The Hall–Kier alpha value is -3.01. The van der Waals surface area contributed by atoms with E-state index in [0.717, 1.165) is 48.5 Å². The molecule has 0 aliphatic heterocycles. The summed E-state index contributed by atoms with van der Waals surface area (Å²) in [5, 5.41) is 0. The van der Waals surface area contributed by atoms with Crippen LogP contribution < -0.4 is 0 Å². The summed E-state index contributed by atoms with van der Waals surface area (Å²) in [4.78, 5) is 14.8. The van der Waals surface area contributed by atoms with Crippen LogP contribution in [0.15, 0.2) is 54.7 Å². The fraction of sp³-hybridized carbons (Fsp3) is 0.292. The van der Waals surface area contributed by atoms with E-state index in [1.165, 1.54) is 35.4 Å². The highest BCUT2D eigenvalue weighted by atomic mass is 15.1.